The lowest BCUT2D eigenvalue weighted by atomic mass is 10.3. The Balaban J connectivity index is 2.24. The Labute approximate surface area is 83.1 Å². The maximum atomic E-state index is 11.4. The number of sulfone groups is 1. The zero-order valence-corrected chi connectivity index (χ0v) is 8.79. The van der Waals surface area contributed by atoms with Gasteiger partial charge in [0.1, 0.15) is 5.82 Å². The minimum Gasteiger partial charge on any atom is -0.337 e. The largest absolute Gasteiger partial charge is 0.337 e. The van der Waals surface area contributed by atoms with Crippen molar-refractivity contribution in [3.8, 4) is 0 Å². The van der Waals surface area contributed by atoms with Gasteiger partial charge in [0.05, 0.1) is 17.5 Å². The summed E-state index contributed by atoms with van der Waals surface area (Å²) in [6.07, 6.45) is 3.50. The monoisotopic (exact) mass is 215 g/mol. The van der Waals surface area contributed by atoms with Crippen LogP contribution in [0.15, 0.2) is 12.4 Å². The van der Waals surface area contributed by atoms with Gasteiger partial charge in [0, 0.05) is 26.0 Å². The van der Waals surface area contributed by atoms with Gasteiger partial charge in [-0.05, 0) is 0 Å². The number of nitrogens with one attached hydrogen (secondary N) is 1. The molecule has 6 heteroatoms. The highest BCUT2D eigenvalue weighted by molar-refractivity contribution is 7.91. The second-order valence-corrected chi connectivity index (χ2v) is 5.75. The lowest BCUT2D eigenvalue weighted by Gasteiger charge is -2.23. The van der Waals surface area contributed by atoms with Crippen molar-refractivity contribution >= 4 is 9.84 Å². The lowest BCUT2D eigenvalue weighted by molar-refractivity contribution is 0.505. The molecule has 1 N–H and O–H groups in total. The molecule has 2 heterocycles. The van der Waals surface area contributed by atoms with E-state index in [0.29, 0.717) is 6.54 Å². The Morgan fingerprint density at radius 3 is 3.00 bits per heavy atom. The normalized spacial score (nSPS) is 26.2. The second kappa shape index (κ2) is 3.36. The van der Waals surface area contributed by atoms with Crippen LogP contribution in [0.1, 0.15) is 11.9 Å². The SMILES string of the molecule is Cn1ccnc1C1CS(=O)(=O)CCN1. The molecule has 14 heavy (non-hydrogen) atoms. The van der Waals surface area contributed by atoms with Crippen LogP contribution in [0.3, 0.4) is 0 Å². The Morgan fingerprint density at radius 1 is 1.64 bits per heavy atom. The van der Waals surface area contributed by atoms with Crippen molar-refractivity contribution in [1.82, 2.24) is 14.9 Å². The highest BCUT2D eigenvalue weighted by Gasteiger charge is 2.27. The Hall–Kier alpha value is -0.880. The Morgan fingerprint density at radius 2 is 2.43 bits per heavy atom. The van der Waals surface area contributed by atoms with Gasteiger partial charge in [-0.3, -0.25) is 0 Å². The minimum absolute atomic E-state index is 0.151. The van der Waals surface area contributed by atoms with Crippen molar-refractivity contribution in [2.24, 2.45) is 7.05 Å². The second-order valence-electron chi connectivity index (χ2n) is 3.52. The molecule has 1 unspecified atom stereocenters. The summed E-state index contributed by atoms with van der Waals surface area (Å²) in [5, 5.41) is 3.16. The van der Waals surface area contributed by atoms with Crippen molar-refractivity contribution in [1.29, 1.82) is 0 Å². The molecule has 0 spiro atoms. The molecule has 0 aliphatic carbocycles. The zero-order chi connectivity index (χ0) is 10.2. The molecule has 0 radical (unpaired) electrons. The maximum absolute atomic E-state index is 11.4. The molecule has 1 aromatic rings. The highest BCUT2D eigenvalue weighted by atomic mass is 32.2. The summed E-state index contributed by atoms with van der Waals surface area (Å²) in [5.41, 5.74) is 0. The summed E-state index contributed by atoms with van der Waals surface area (Å²) in [6.45, 7) is 0.514. The smallest absolute Gasteiger partial charge is 0.153 e. The first-order valence-corrected chi connectivity index (χ1v) is 6.32. The Kier molecular flexibility index (Phi) is 2.32. The van der Waals surface area contributed by atoms with Gasteiger partial charge in [-0.25, -0.2) is 13.4 Å². The van der Waals surface area contributed by atoms with Crippen molar-refractivity contribution < 1.29 is 8.42 Å². The van der Waals surface area contributed by atoms with Crippen LogP contribution in [0.25, 0.3) is 0 Å². The first kappa shape index (κ1) is 9.67. The van der Waals surface area contributed by atoms with E-state index in [1.54, 1.807) is 6.20 Å². The van der Waals surface area contributed by atoms with E-state index < -0.39 is 9.84 Å². The van der Waals surface area contributed by atoms with Gasteiger partial charge in [-0.1, -0.05) is 0 Å². The van der Waals surface area contributed by atoms with Gasteiger partial charge in [-0.15, -0.1) is 0 Å². The quantitative estimate of drug-likeness (QED) is 0.684. The van der Waals surface area contributed by atoms with Crippen molar-refractivity contribution in [2.45, 2.75) is 6.04 Å². The summed E-state index contributed by atoms with van der Waals surface area (Å²) >= 11 is 0. The van der Waals surface area contributed by atoms with Crippen molar-refractivity contribution in [3.05, 3.63) is 18.2 Å². The molecule has 2 rings (SSSR count). The molecule has 1 aliphatic rings. The zero-order valence-electron chi connectivity index (χ0n) is 7.97. The van der Waals surface area contributed by atoms with E-state index in [4.69, 9.17) is 0 Å². The number of rotatable bonds is 1. The van der Waals surface area contributed by atoms with E-state index in [9.17, 15) is 8.42 Å². The summed E-state index contributed by atoms with van der Waals surface area (Å²) in [5.74, 6) is 1.17. The third-order valence-electron chi connectivity index (χ3n) is 2.39. The minimum atomic E-state index is -2.89. The average Bonchev–Trinajstić information content (AvgIpc) is 2.49. The van der Waals surface area contributed by atoms with Gasteiger partial charge >= 0.3 is 0 Å². The molecule has 0 amide bonds. The molecule has 1 atom stereocenters. The maximum Gasteiger partial charge on any atom is 0.153 e. The molecule has 1 aromatic heterocycles. The van der Waals surface area contributed by atoms with E-state index in [1.807, 2.05) is 17.8 Å². The van der Waals surface area contributed by atoms with Crippen LogP contribution in [0, 0.1) is 0 Å². The van der Waals surface area contributed by atoms with Gasteiger partial charge in [-0.2, -0.15) is 0 Å². The first-order valence-electron chi connectivity index (χ1n) is 4.49. The molecular formula is C8H13N3O2S. The third kappa shape index (κ3) is 1.80. The molecule has 0 aromatic carbocycles. The number of aromatic nitrogens is 2. The van der Waals surface area contributed by atoms with Gasteiger partial charge in [0.2, 0.25) is 0 Å². The molecule has 1 aliphatic heterocycles. The number of aryl methyl sites for hydroxylation is 1. The fraction of sp³-hybridized carbons (Fsp3) is 0.625. The van der Waals surface area contributed by atoms with E-state index >= 15 is 0 Å². The summed E-state index contributed by atoms with van der Waals surface area (Å²) in [7, 11) is -1.02. The van der Waals surface area contributed by atoms with E-state index in [-0.39, 0.29) is 17.5 Å². The van der Waals surface area contributed by atoms with Crippen LogP contribution < -0.4 is 5.32 Å². The molecule has 1 fully saturated rings. The van der Waals surface area contributed by atoms with E-state index in [2.05, 4.69) is 10.3 Å². The average molecular weight is 215 g/mol. The van der Waals surface area contributed by atoms with Crippen LogP contribution in [0.5, 0.6) is 0 Å². The highest BCUT2D eigenvalue weighted by Crippen LogP contribution is 2.15. The van der Waals surface area contributed by atoms with Crippen LogP contribution >= 0.6 is 0 Å². The fourth-order valence-electron chi connectivity index (χ4n) is 1.66. The summed E-state index contributed by atoms with van der Waals surface area (Å²) in [6, 6.07) is -0.159. The number of nitrogens with zero attached hydrogens (tertiary/aromatic N) is 2. The van der Waals surface area contributed by atoms with Crippen LogP contribution in [0.2, 0.25) is 0 Å². The van der Waals surface area contributed by atoms with Crippen molar-refractivity contribution in [3.63, 3.8) is 0 Å². The summed E-state index contributed by atoms with van der Waals surface area (Å²) in [4.78, 5) is 4.14. The van der Waals surface area contributed by atoms with Crippen LogP contribution in [-0.4, -0.2) is 36.0 Å². The summed E-state index contributed by atoms with van der Waals surface area (Å²) < 4.78 is 24.6. The predicted octanol–water partition coefficient (Wildman–Crippen LogP) is -0.521. The molecule has 78 valence electrons. The predicted molar refractivity (Wildman–Crippen MR) is 52.6 cm³/mol. The van der Waals surface area contributed by atoms with E-state index in [1.165, 1.54) is 0 Å². The molecule has 1 saturated heterocycles. The van der Waals surface area contributed by atoms with E-state index in [0.717, 1.165) is 5.82 Å². The lowest BCUT2D eigenvalue weighted by Crippen LogP contribution is -2.40. The topological polar surface area (TPSA) is 64.0 Å². The van der Waals surface area contributed by atoms with Gasteiger partial charge in [0.25, 0.3) is 0 Å². The van der Waals surface area contributed by atoms with Crippen molar-refractivity contribution in [2.75, 3.05) is 18.1 Å². The third-order valence-corrected chi connectivity index (χ3v) is 4.06. The van der Waals surface area contributed by atoms with Gasteiger partial charge in [0.15, 0.2) is 9.84 Å². The Bertz CT molecular complexity index is 424. The fourth-order valence-corrected chi connectivity index (χ4v) is 3.03. The molecular weight excluding hydrogens is 202 g/mol. The molecule has 0 bridgehead atoms. The number of hydrogen-bond acceptors (Lipinski definition) is 4. The molecule has 0 saturated carbocycles. The number of hydrogen-bond donors (Lipinski definition) is 1. The van der Waals surface area contributed by atoms with Crippen LogP contribution in [0.4, 0.5) is 0 Å². The first-order chi connectivity index (χ1) is 6.58. The van der Waals surface area contributed by atoms with Gasteiger partial charge < -0.3 is 9.88 Å². The standard InChI is InChI=1S/C8H13N3O2S/c1-11-4-2-10-8(11)7-6-14(12,13)5-3-9-7/h2,4,7,9H,3,5-6H2,1H3. The number of imidazole rings is 1. The van der Waals surface area contributed by atoms with Crippen LogP contribution in [-0.2, 0) is 16.9 Å². The molecule has 5 nitrogen and oxygen atoms in total.